The van der Waals surface area contributed by atoms with E-state index in [0.29, 0.717) is 23.7 Å². The second-order valence-corrected chi connectivity index (χ2v) is 5.55. The van der Waals surface area contributed by atoms with E-state index in [9.17, 15) is 4.79 Å². The van der Waals surface area contributed by atoms with Gasteiger partial charge in [0.2, 0.25) is 0 Å². The lowest BCUT2D eigenvalue weighted by Gasteiger charge is -2.07. The van der Waals surface area contributed by atoms with Gasteiger partial charge < -0.3 is 13.9 Å². The van der Waals surface area contributed by atoms with Gasteiger partial charge in [0.15, 0.2) is 0 Å². The number of hydrogen-bond donors (Lipinski definition) is 0. The smallest absolute Gasteiger partial charge is 0.342 e. The first-order chi connectivity index (χ1) is 12.2. The number of ether oxygens (including phenoxy) is 2. The summed E-state index contributed by atoms with van der Waals surface area (Å²) in [6.07, 6.45) is 0. The van der Waals surface area contributed by atoms with Crippen LogP contribution in [0.25, 0.3) is 22.5 Å². The number of carbonyl (C=O) groups excluding carboxylic acids is 1. The molecule has 1 aromatic heterocycles. The first kappa shape index (κ1) is 16.8. The topological polar surface area (TPSA) is 48.7 Å². The van der Waals surface area contributed by atoms with E-state index in [0.717, 1.165) is 22.4 Å². The van der Waals surface area contributed by atoms with Crippen LogP contribution in [-0.4, -0.2) is 19.7 Å². The summed E-state index contributed by atoms with van der Waals surface area (Å²) in [7, 11) is 1.62. The molecule has 0 radical (unpaired) electrons. The predicted molar refractivity (Wildman–Crippen MR) is 96.8 cm³/mol. The molecule has 128 valence electrons. The van der Waals surface area contributed by atoms with Crippen LogP contribution >= 0.6 is 0 Å². The molecule has 0 aliphatic heterocycles. The van der Waals surface area contributed by atoms with Crippen molar-refractivity contribution in [1.29, 1.82) is 0 Å². The van der Waals surface area contributed by atoms with Gasteiger partial charge in [-0.1, -0.05) is 42.5 Å². The molecule has 0 bridgehead atoms. The van der Waals surface area contributed by atoms with Gasteiger partial charge in [0.25, 0.3) is 0 Å². The van der Waals surface area contributed by atoms with E-state index in [1.165, 1.54) is 0 Å². The third-order valence-electron chi connectivity index (χ3n) is 3.98. The fourth-order valence-electron chi connectivity index (χ4n) is 2.84. The van der Waals surface area contributed by atoms with E-state index in [-0.39, 0.29) is 5.97 Å². The second kappa shape index (κ2) is 7.26. The van der Waals surface area contributed by atoms with Crippen LogP contribution in [0.4, 0.5) is 0 Å². The number of methoxy groups -OCH3 is 1. The Labute approximate surface area is 147 Å². The lowest BCUT2D eigenvalue weighted by molar-refractivity contribution is 0.0527. The number of esters is 1. The van der Waals surface area contributed by atoms with Crippen molar-refractivity contribution in [3.8, 4) is 28.2 Å². The van der Waals surface area contributed by atoms with Crippen molar-refractivity contribution in [2.45, 2.75) is 13.8 Å². The zero-order valence-corrected chi connectivity index (χ0v) is 14.5. The van der Waals surface area contributed by atoms with Crippen LogP contribution in [0.5, 0.6) is 5.75 Å². The van der Waals surface area contributed by atoms with Crippen LogP contribution in [0, 0.1) is 6.92 Å². The van der Waals surface area contributed by atoms with Gasteiger partial charge in [0.05, 0.1) is 13.7 Å². The van der Waals surface area contributed by atoms with Gasteiger partial charge in [-0.15, -0.1) is 0 Å². The maximum atomic E-state index is 12.7. The molecule has 3 aromatic rings. The van der Waals surface area contributed by atoms with E-state index >= 15 is 0 Å². The van der Waals surface area contributed by atoms with Gasteiger partial charge in [-0.2, -0.15) is 0 Å². The van der Waals surface area contributed by atoms with Gasteiger partial charge in [-0.3, -0.25) is 0 Å². The van der Waals surface area contributed by atoms with Crippen LogP contribution in [0.1, 0.15) is 23.0 Å². The molecular weight excluding hydrogens is 316 g/mol. The Morgan fingerprint density at radius 1 is 1.00 bits per heavy atom. The molecule has 0 N–H and O–H groups in total. The fourth-order valence-corrected chi connectivity index (χ4v) is 2.84. The number of hydrogen-bond acceptors (Lipinski definition) is 4. The highest BCUT2D eigenvalue weighted by Crippen LogP contribution is 2.38. The Kier molecular flexibility index (Phi) is 4.89. The average Bonchev–Trinajstić information content (AvgIpc) is 3.00. The van der Waals surface area contributed by atoms with E-state index in [1.807, 2.05) is 61.5 Å². The zero-order valence-electron chi connectivity index (χ0n) is 14.5. The predicted octanol–water partition coefficient (Wildman–Crippen LogP) is 5.11. The molecule has 4 nitrogen and oxygen atoms in total. The molecule has 0 spiro atoms. The Hall–Kier alpha value is -3.01. The minimum Gasteiger partial charge on any atom is -0.497 e. The Bertz CT molecular complexity index is 861. The molecule has 0 unspecified atom stereocenters. The number of carbonyl (C=O) groups is 1. The number of rotatable bonds is 5. The summed E-state index contributed by atoms with van der Waals surface area (Å²) in [4.78, 5) is 12.7. The summed E-state index contributed by atoms with van der Waals surface area (Å²) in [5.74, 6) is 1.57. The van der Waals surface area contributed by atoms with Crippen molar-refractivity contribution in [3.63, 3.8) is 0 Å². The molecule has 4 heteroatoms. The van der Waals surface area contributed by atoms with E-state index < -0.39 is 0 Å². The molecule has 3 rings (SSSR count). The second-order valence-electron chi connectivity index (χ2n) is 5.55. The first-order valence-electron chi connectivity index (χ1n) is 8.16. The van der Waals surface area contributed by atoms with Crippen molar-refractivity contribution in [2.24, 2.45) is 0 Å². The van der Waals surface area contributed by atoms with Gasteiger partial charge in [0.1, 0.15) is 22.8 Å². The monoisotopic (exact) mass is 336 g/mol. The lowest BCUT2D eigenvalue weighted by atomic mass is 9.98. The summed E-state index contributed by atoms with van der Waals surface area (Å²) < 4.78 is 16.5. The minimum atomic E-state index is -0.385. The molecule has 0 aliphatic rings. The minimum absolute atomic E-state index is 0.305. The normalized spacial score (nSPS) is 10.5. The van der Waals surface area contributed by atoms with E-state index in [4.69, 9.17) is 13.9 Å². The zero-order chi connectivity index (χ0) is 17.8. The highest BCUT2D eigenvalue weighted by Gasteiger charge is 2.26. The van der Waals surface area contributed by atoms with Gasteiger partial charge >= 0.3 is 5.97 Å². The standard InChI is InChI=1S/C21H20O4/c1-4-24-21(22)19-18(15-10-12-17(23-3)13-11-15)14(2)25-20(19)16-8-6-5-7-9-16/h5-13H,4H2,1-3H3. The van der Waals surface area contributed by atoms with Crippen LogP contribution in [0.3, 0.4) is 0 Å². The highest BCUT2D eigenvalue weighted by atomic mass is 16.5. The van der Waals surface area contributed by atoms with E-state index in [2.05, 4.69) is 0 Å². The number of benzene rings is 2. The van der Waals surface area contributed by atoms with Crippen molar-refractivity contribution in [3.05, 3.63) is 65.9 Å². The quantitative estimate of drug-likeness (QED) is 0.608. The SMILES string of the molecule is CCOC(=O)c1c(-c2ccccc2)oc(C)c1-c1ccc(OC)cc1. The van der Waals surface area contributed by atoms with E-state index in [1.54, 1.807) is 14.0 Å². The molecule has 0 saturated heterocycles. The highest BCUT2D eigenvalue weighted by molar-refractivity contribution is 6.03. The van der Waals surface area contributed by atoms with Crippen LogP contribution in [0.15, 0.2) is 59.0 Å². The summed E-state index contributed by atoms with van der Waals surface area (Å²) in [5.41, 5.74) is 2.93. The maximum absolute atomic E-state index is 12.7. The van der Waals surface area contributed by atoms with Crippen molar-refractivity contribution in [2.75, 3.05) is 13.7 Å². The molecule has 1 heterocycles. The Morgan fingerprint density at radius 2 is 1.68 bits per heavy atom. The molecule has 25 heavy (non-hydrogen) atoms. The van der Waals surface area contributed by atoms with Gasteiger partial charge in [-0.25, -0.2) is 4.79 Å². The Balaban J connectivity index is 2.20. The third-order valence-corrected chi connectivity index (χ3v) is 3.98. The largest absolute Gasteiger partial charge is 0.497 e. The lowest BCUT2D eigenvalue weighted by Crippen LogP contribution is -2.06. The first-order valence-corrected chi connectivity index (χ1v) is 8.16. The summed E-state index contributed by atoms with van der Waals surface area (Å²) >= 11 is 0. The molecule has 0 amide bonds. The summed E-state index contributed by atoms with van der Waals surface area (Å²) in [5, 5.41) is 0. The van der Waals surface area contributed by atoms with Crippen molar-refractivity contribution in [1.82, 2.24) is 0 Å². The average molecular weight is 336 g/mol. The number of aryl methyl sites for hydroxylation is 1. The molecular formula is C21H20O4. The molecule has 0 fully saturated rings. The maximum Gasteiger partial charge on any atom is 0.342 e. The van der Waals surface area contributed by atoms with Gasteiger partial charge in [0, 0.05) is 11.1 Å². The van der Waals surface area contributed by atoms with Gasteiger partial charge in [-0.05, 0) is 31.5 Å². The molecule has 2 aromatic carbocycles. The van der Waals surface area contributed by atoms with Crippen molar-refractivity contribution >= 4 is 5.97 Å². The molecule has 0 saturated carbocycles. The Morgan fingerprint density at radius 3 is 2.28 bits per heavy atom. The van der Waals surface area contributed by atoms with Crippen LogP contribution in [-0.2, 0) is 4.74 Å². The third kappa shape index (κ3) is 3.29. The fraction of sp³-hybridized carbons (Fsp3) is 0.190. The van der Waals surface area contributed by atoms with Crippen LogP contribution in [0.2, 0.25) is 0 Å². The summed E-state index contributed by atoms with van der Waals surface area (Å²) in [6, 6.07) is 17.1. The molecule has 0 atom stereocenters. The summed E-state index contributed by atoms with van der Waals surface area (Å²) in [6.45, 7) is 3.95. The number of furan rings is 1. The van der Waals surface area contributed by atoms with Crippen LogP contribution < -0.4 is 4.74 Å². The molecule has 0 aliphatic carbocycles. The van der Waals surface area contributed by atoms with Crippen molar-refractivity contribution < 1.29 is 18.7 Å².